The highest BCUT2D eigenvalue weighted by molar-refractivity contribution is 9.10. The normalized spacial score (nSPS) is 10.8. The molecule has 0 fully saturated rings. The Morgan fingerprint density at radius 3 is 2.74 bits per heavy atom. The first-order chi connectivity index (χ1) is 11.1. The first kappa shape index (κ1) is 19.0. The van der Waals surface area contributed by atoms with Crippen LogP contribution < -0.4 is 14.8 Å². The molecule has 0 bridgehead atoms. The van der Waals surface area contributed by atoms with Gasteiger partial charge in [0.05, 0.1) is 18.2 Å². The van der Waals surface area contributed by atoms with Crippen LogP contribution in [0.3, 0.4) is 0 Å². The van der Waals surface area contributed by atoms with Crippen molar-refractivity contribution >= 4 is 27.9 Å². The minimum atomic E-state index is -0.370. The highest BCUT2D eigenvalue weighted by Crippen LogP contribution is 2.37. The SMILES string of the molecule is CCCCNC(=O)/C(C#N)=C/c1cc(Br)c(OCC)c(OC)c1. The summed E-state index contributed by atoms with van der Waals surface area (Å²) in [6.07, 6.45) is 3.39. The van der Waals surface area contributed by atoms with E-state index in [1.165, 1.54) is 6.08 Å². The zero-order valence-electron chi connectivity index (χ0n) is 13.6. The van der Waals surface area contributed by atoms with Gasteiger partial charge in [-0.1, -0.05) is 13.3 Å². The largest absolute Gasteiger partial charge is 0.493 e. The van der Waals surface area contributed by atoms with E-state index in [-0.39, 0.29) is 11.5 Å². The summed E-state index contributed by atoms with van der Waals surface area (Å²) in [4.78, 5) is 12.0. The molecule has 0 heterocycles. The number of unbranched alkanes of at least 4 members (excludes halogenated alkanes) is 1. The van der Waals surface area contributed by atoms with Crippen LogP contribution >= 0.6 is 15.9 Å². The van der Waals surface area contributed by atoms with Crippen LogP contribution in [0.1, 0.15) is 32.3 Å². The minimum absolute atomic E-state index is 0.0548. The zero-order valence-corrected chi connectivity index (χ0v) is 15.2. The van der Waals surface area contributed by atoms with Gasteiger partial charge in [-0.25, -0.2) is 0 Å². The number of rotatable bonds is 8. The molecule has 0 unspecified atom stereocenters. The molecule has 0 aliphatic rings. The molecule has 0 radical (unpaired) electrons. The van der Waals surface area contributed by atoms with Gasteiger partial charge in [0.1, 0.15) is 11.6 Å². The van der Waals surface area contributed by atoms with Crippen molar-refractivity contribution in [1.29, 1.82) is 5.26 Å². The van der Waals surface area contributed by atoms with Gasteiger partial charge in [-0.15, -0.1) is 0 Å². The lowest BCUT2D eigenvalue weighted by atomic mass is 10.1. The molecule has 1 amide bonds. The fourth-order valence-electron chi connectivity index (χ4n) is 1.90. The second-order valence-electron chi connectivity index (χ2n) is 4.75. The third-order valence-electron chi connectivity index (χ3n) is 3.03. The maximum Gasteiger partial charge on any atom is 0.261 e. The maximum absolute atomic E-state index is 12.0. The molecule has 0 atom stereocenters. The smallest absolute Gasteiger partial charge is 0.261 e. The van der Waals surface area contributed by atoms with Gasteiger partial charge in [0.25, 0.3) is 5.91 Å². The first-order valence-electron chi connectivity index (χ1n) is 7.47. The molecule has 6 heteroatoms. The van der Waals surface area contributed by atoms with Crippen molar-refractivity contribution in [2.75, 3.05) is 20.3 Å². The Morgan fingerprint density at radius 1 is 1.43 bits per heavy atom. The Hall–Kier alpha value is -2.00. The van der Waals surface area contributed by atoms with Crippen LogP contribution in [0.2, 0.25) is 0 Å². The van der Waals surface area contributed by atoms with E-state index >= 15 is 0 Å². The minimum Gasteiger partial charge on any atom is -0.493 e. The second-order valence-corrected chi connectivity index (χ2v) is 5.60. The van der Waals surface area contributed by atoms with Crippen LogP contribution in [-0.2, 0) is 4.79 Å². The van der Waals surface area contributed by atoms with Gasteiger partial charge < -0.3 is 14.8 Å². The maximum atomic E-state index is 12.0. The number of amides is 1. The molecule has 1 rings (SSSR count). The Balaban J connectivity index is 3.07. The van der Waals surface area contributed by atoms with Gasteiger partial charge in [-0.3, -0.25) is 4.79 Å². The Kier molecular flexibility index (Phi) is 8.20. The van der Waals surface area contributed by atoms with Crippen molar-refractivity contribution in [3.63, 3.8) is 0 Å². The van der Waals surface area contributed by atoms with E-state index in [2.05, 4.69) is 21.2 Å². The number of carbonyl (C=O) groups is 1. The number of nitrogens with one attached hydrogen (secondary N) is 1. The lowest BCUT2D eigenvalue weighted by Crippen LogP contribution is -2.25. The number of halogens is 1. The molecular formula is C17H21BrN2O3. The van der Waals surface area contributed by atoms with Gasteiger partial charge in [0.2, 0.25) is 0 Å². The van der Waals surface area contributed by atoms with E-state index in [1.807, 2.05) is 19.9 Å². The van der Waals surface area contributed by atoms with Crippen LogP contribution in [0, 0.1) is 11.3 Å². The van der Waals surface area contributed by atoms with E-state index in [0.29, 0.717) is 34.7 Å². The van der Waals surface area contributed by atoms with E-state index in [0.717, 1.165) is 12.8 Å². The number of nitrogens with zero attached hydrogens (tertiary/aromatic N) is 1. The van der Waals surface area contributed by atoms with Crippen LogP contribution in [0.15, 0.2) is 22.2 Å². The number of ether oxygens (including phenoxy) is 2. The van der Waals surface area contributed by atoms with Crippen LogP contribution in [0.5, 0.6) is 11.5 Å². The Bertz CT molecular complexity index is 621. The van der Waals surface area contributed by atoms with Crippen molar-refractivity contribution in [3.05, 3.63) is 27.7 Å². The summed E-state index contributed by atoms with van der Waals surface area (Å²) >= 11 is 3.42. The first-order valence-corrected chi connectivity index (χ1v) is 8.26. The quantitative estimate of drug-likeness (QED) is 0.424. The Labute approximate surface area is 145 Å². The van der Waals surface area contributed by atoms with Gasteiger partial charge in [-0.2, -0.15) is 5.26 Å². The number of hydrogen-bond donors (Lipinski definition) is 1. The van der Waals surface area contributed by atoms with E-state index in [9.17, 15) is 10.1 Å². The highest BCUT2D eigenvalue weighted by Gasteiger charge is 2.13. The predicted octanol–water partition coefficient (Wildman–Crippen LogP) is 3.68. The lowest BCUT2D eigenvalue weighted by Gasteiger charge is -2.12. The lowest BCUT2D eigenvalue weighted by molar-refractivity contribution is -0.117. The summed E-state index contributed by atoms with van der Waals surface area (Å²) in [6.45, 7) is 4.99. The van der Waals surface area contributed by atoms with Gasteiger partial charge in [-0.05, 0) is 53.0 Å². The van der Waals surface area contributed by atoms with Gasteiger partial charge in [0, 0.05) is 6.54 Å². The fourth-order valence-corrected chi connectivity index (χ4v) is 2.47. The molecule has 1 N–H and O–H groups in total. The molecule has 1 aromatic carbocycles. The van der Waals surface area contributed by atoms with Crippen molar-refractivity contribution in [2.45, 2.75) is 26.7 Å². The molecule has 0 aliphatic heterocycles. The standard InChI is InChI=1S/C17H21BrN2O3/c1-4-6-7-20-17(21)13(11-19)8-12-9-14(18)16(23-5-2)15(10-12)22-3/h8-10H,4-7H2,1-3H3,(H,20,21)/b13-8+. The zero-order chi connectivity index (χ0) is 17.2. The monoisotopic (exact) mass is 380 g/mol. The van der Waals surface area contributed by atoms with E-state index < -0.39 is 0 Å². The average molecular weight is 381 g/mol. The predicted molar refractivity (Wildman–Crippen MR) is 93.4 cm³/mol. The number of hydrogen-bond acceptors (Lipinski definition) is 4. The highest BCUT2D eigenvalue weighted by atomic mass is 79.9. The average Bonchev–Trinajstić information content (AvgIpc) is 2.54. The number of carbonyl (C=O) groups excluding carboxylic acids is 1. The Morgan fingerprint density at radius 2 is 2.17 bits per heavy atom. The number of nitriles is 1. The van der Waals surface area contributed by atoms with Crippen LogP contribution in [0.4, 0.5) is 0 Å². The summed E-state index contributed by atoms with van der Waals surface area (Å²) in [5.74, 6) is 0.763. The van der Waals surface area contributed by atoms with Gasteiger partial charge >= 0.3 is 0 Å². The van der Waals surface area contributed by atoms with E-state index in [1.54, 1.807) is 19.2 Å². The van der Waals surface area contributed by atoms with Gasteiger partial charge in [0.15, 0.2) is 11.5 Å². The van der Waals surface area contributed by atoms with Crippen molar-refractivity contribution < 1.29 is 14.3 Å². The van der Waals surface area contributed by atoms with Crippen molar-refractivity contribution in [2.24, 2.45) is 0 Å². The molecule has 0 aliphatic carbocycles. The molecule has 0 saturated heterocycles. The summed E-state index contributed by atoms with van der Waals surface area (Å²) in [5, 5.41) is 11.9. The third-order valence-corrected chi connectivity index (χ3v) is 3.62. The molecule has 5 nitrogen and oxygen atoms in total. The molecule has 0 saturated carbocycles. The summed E-state index contributed by atoms with van der Waals surface area (Å²) in [5.41, 5.74) is 0.735. The summed E-state index contributed by atoms with van der Waals surface area (Å²) in [6, 6.07) is 5.45. The topological polar surface area (TPSA) is 71.4 Å². The second kappa shape index (κ2) is 9.90. The molecule has 124 valence electrons. The van der Waals surface area contributed by atoms with E-state index in [4.69, 9.17) is 9.47 Å². The fraction of sp³-hybridized carbons (Fsp3) is 0.412. The van der Waals surface area contributed by atoms with Crippen molar-refractivity contribution in [1.82, 2.24) is 5.32 Å². The number of benzene rings is 1. The van der Waals surface area contributed by atoms with Crippen LogP contribution in [-0.4, -0.2) is 26.2 Å². The summed E-state index contributed by atoms with van der Waals surface area (Å²) in [7, 11) is 1.54. The molecule has 23 heavy (non-hydrogen) atoms. The molecular weight excluding hydrogens is 360 g/mol. The van der Waals surface area contributed by atoms with Crippen molar-refractivity contribution in [3.8, 4) is 17.6 Å². The van der Waals surface area contributed by atoms with Crippen LogP contribution in [0.25, 0.3) is 6.08 Å². The molecule has 0 aromatic heterocycles. The molecule has 1 aromatic rings. The summed E-state index contributed by atoms with van der Waals surface area (Å²) < 4.78 is 11.5. The molecule has 0 spiro atoms. The third kappa shape index (κ3) is 5.61. The number of methoxy groups -OCH3 is 1.